The van der Waals surface area contributed by atoms with Crippen LogP contribution in [0.25, 0.3) is 6.08 Å². The van der Waals surface area contributed by atoms with Crippen molar-refractivity contribution < 1.29 is 5.11 Å². The molecule has 0 bridgehead atoms. The van der Waals surface area contributed by atoms with Crippen molar-refractivity contribution >= 4 is 6.08 Å². The zero-order valence-electron chi connectivity index (χ0n) is 7.49. The van der Waals surface area contributed by atoms with Crippen LogP contribution in [-0.2, 0) is 0 Å². The quantitative estimate of drug-likeness (QED) is 0.708. The van der Waals surface area contributed by atoms with Gasteiger partial charge in [-0.2, -0.15) is 0 Å². The van der Waals surface area contributed by atoms with Gasteiger partial charge in [0, 0.05) is 0 Å². The van der Waals surface area contributed by atoms with Gasteiger partial charge in [-0.15, -0.1) is 0 Å². The van der Waals surface area contributed by atoms with Gasteiger partial charge in [-0.3, -0.25) is 0 Å². The molecule has 1 aromatic carbocycles. The van der Waals surface area contributed by atoms with Gasteiger partial charge in [-0.25, -0.2) is 0 Å². The van der Waals surface area contributed by atoms with E-state index in [1.165, 1.54) is 0 Å². The summed E-state index contributed by atoms with van der Waals surface area (Å²) < 4.78 is 0. The van der Waals surface area contributed by atoms with Crippen molar-refractivity contribution in [1.82, 2.24) is 0 Å². The molecule has 0 aromatic heterocycles. The Kier molecular flexibility index (Phi) is 3.06. The van der Waals surface area contributed by atoms with Gasteiger partial charge in [0.05, 0.1) is 6.10 Å². The second-order valence-electron chi connectivity index (χ2n) is 2.98. The second-order valence-corrected chi connectivity index (χ2v) is 2.98. The van der Waals surface area contributed by atoms with Crippen LogP contribution in [0.2, 0.25) is 0 Å². The molecule has 0 heterocycles. The molecule has 0 aliphatic rings. The van der Waals surface area contributed by atoms with Crippen LogP contribution in [0.4, 0.5) is 0 Å². The van der Waals surface area contributed by atoms with E-state index in [2.05, 4.69) is 0 Å². The molecule has 0 radical (unpaired) electrons. The van der Waals surface area contributed by atoms with Crippen LogP contribution in [0, 0.1) is 0 Å². The minimum atomic E-state index is -0.356. The fraction of sp³-hybridized carbons (Fsp3) is 0.273. The van der Waals surface area contributed by atoms with E-state index in [9.17, 15) is 5.11 Å². The molecule has 12 heavy (non-hydrogen) atoms. The van der Waals surface area contributed by atoms with Gasteiger partial charge in [0.1, 0.15) is 0 Å². The van der Waals surface area contributed by atoms with Gasteiger partial charge in [0.15, 0.2) is 0 Å². The number of hydrogen-bond acceptors (Lipinski definition) is 1. The molecule has 0 unspecified atom stereocenters. The zero-order valence-corrected chi connectivity index (χ0v) is 7.49. The average Bonchev–Trinajstić information content (AvgIpc) is 2.06. The SMILES string of the molecule is C/C(=C\c1ccccc1)[C@@H](C)O. The number of aliphatic hydroxyl groups is 1. The first-order valence-electron chi connectivity index (χ1n) is 4.11. The summed E-state index contributed by atoms with van der Waals surface area (Å²) in [5, 5.41) is 9.21. The van der Waals surface area contributed by atoms with Crippen molar-refractivity contribution in [2.24, 2.45) is 0 Å². The standard InChI is InChI=1S/C11H14O/c1-9(10(2)12)8-11-6-4-3-5-7-11/h3-8,10,12H,1-2H3/b9-8+/t10-/m1/s1. The van der Waals surface area contributed by atoms with Crippen LogP contribution in [0.1, 0.15) is 19.4 Å². The molecule has 0 fully saturated rings. The molecule has 1 nitrogen and oxygen atoms in total. The highest BCUT2D eigenvalue weighted by molar-refractivity contribution is 5.52. The van der Waals surface area contributed by atoms with E-state index < -0.39 is 0 Å². The highest BCUT2D eigenvalue weighted by Gasteiger charge is 1.96. The van der Waals surface area contributed by atoms with Crippen LogP contribution in [-0.4, -0.2) is 11.2 Å². The minimum Gasteiger partial charge on any atom is -0.389 e. The fourth-order valence-corrected chi connectivity index (χ4v) is 0.933. The third kappa shape index (κ3) is 2.51. The summed E-state index contributed by atoms with van der Waals surface area (Å²) in [7, 11) is 0. The lowest BCUT2D eigenvalue weighted by Crippen LogP contribution is -1.99. The molecule has 1 aromatic rings. The van der Waals surface area contributed by atoms with Gasteiger partial charge in [0.25, 0.3) is 0 Å². The lowest BCUT2D eigenvalue weighted by atomic mass is 10.1. The third-order valence-electron chi connectivity index (χ3n) is 1.85. The first-order chi connectivity index (χ1) is 5.70. The summed E-state index contributed by atoms with van der Waals surface area (Å²) in [4.78, 5) is 0. The Labute approximate surface area is 73.4 Å². The van der Waals surface area contributed by atoms with Crippen LogP contribution >= 0.6 is 0 Å². The van der Waals surface area contributed by atoms with Gasteiger partial charge >= 0.3 is 0 Å². The predicted octanol–water partition coefficient (Wildman–Crippen LogP) is 2.47. The molecular weight excluding hydrogens is 148 g/mol. The Balaban J connectivity index is 2.81. The molecule has 0 saturated carbocycles. The highest BCUT2D eigenvalue weighted by atomic mass is 16.3. The largest absolute Gasteiger partial charge is 0.389 e. The lowest BCUT2D eigenvalue weighted by Gasteiger charge is -2.03. The van der Waals surface area contributed by atoms with Gasteiger partial charge < -0.3 is 5.11 Å². The van der Waals surface area contributed by atoms with Gasteiger partial charge in [-0.1, -0.05) is 36.4 Å². The van der Waals surface area contributed by atoms with Gasteiger partial charge in [-0.05, 0) is 25.0 Å². The first-order valence-corrected chi connectivity index (χ1v) is 4.11. The van der Waals surface area contributed by atoms with Gasteiger partial charge in [0.2, 0.25) is 0 Å². The zero-order chi connectivity index (χ0) is 8.97. The summed E-state index contributed by atoms with van der Waals surface area (Å²) in [6, 6.07) is 10.00. The average molecular weight is 162 g/mol. The molecule has 1 rings (SSSR count). The Hall–Kier alpha value is -1.08. The van der Waals surface area contributed by atoms with Crippen molar-refractivity contribution in [1.29, 1.82) is 0 Å². The molecule has 0 spiro atoms. The molecule has 0 amide bonds. The third-order valence-corrected chi connectivity index (χ3v) is 1.85. The molecule has 0 aliphatic heterocycles. The monoisotopic (exact) mass is 162 g/mol. The molecule has 1 N–H and O–H groups in total. The van der Waals surface area contributed by atoms with Crippen LogP contribution in [0.5, 0.6) is 0 Å². The summed E-state index contributed by atoms with van der Waals surface area (Å²) in [6.45, 7) is 3.70. The maximum absolute atomic E-state index is 9.21. The Morgan fingerprint density at radius 2 is 1.92 bits per heavy atom. The van der Waals surface area contributed by atoms with Crippen molar-refractivity contribution in [3.8, 4) is 0 Å². The van der Waals surface area contributed by atoms with E-state index >= 15 is 0 Å². The first kappa shape index (κ1) is 9.01. The highest BCUT2D eigenvalue weighted by Crippen LogP contribution is 2.08. The molecule has 1 atom stereocenters. The van der Waals surface area contributed by atoms with E-state index in [0.29, 0.717) is 0 Å². The van der Waals surface area contributed by atoms with E-state index in [4.69, 9.17) is 0 Å². The fourth-order valence-electron chi connectivity index (χ4n) is 0.933. The van der Waals surface area contributed by atoms with Crippen LogP contribution < -0.4 is 0 Å². The maximum Gasteiger partial charge on any atom is 0.0722 e. The Morgan fingerprint density at radius 1 is 1.33 bits per heavy atom. The van der Waals surface area contributed by atoms with E-state index in [1.807, 2.05) is 43.3 Å². The van der Waals surface area contributed by atoms with E-state index in [-0.39, 0.29) is 6.10 Å². The summed E-state index contributed by atoms with van der Waals surface area (Å²) >= 11 is 0. The van der Waals surface area contributed by atoms with Crippen LogP contribution in [0.15, 0.2) is 35.9 Å². The molecule has 0 aliphatic carbocycles. The van der Waals surface area contributed by atoms with Crippen LogP contribution in [0.3, 0.4) is 0 Å². The normalized spacial score (nSPS) is 14.4. The molecule has 0 saturated heterocycles. The van der Waals surface area contributed by atoms with Crippen molar-refractivity contribution in [2.45, 2.75) is 20.0 Å². The van der Waals surface area contributed by atoms with Crippen molar-refractivity contribution in [3.63, 3.8) is 0 Å². The number of benzene rings is 1. The maximum atomic E-state index is 9.21. The predicted molar refractivity (Wildman–Crippen MR) is 51.8 cm³/mol. The van der Waals surface area contributed by atoms with E-state index in [0.717, 1.165) is 11.1 Å². The number of hydrogen-bond donors (Lipinski definition) is 1. The van der Waals surface area contributed by atoms with E-state index in [1.54, 1.807) is 6.92 Å². The second kappa shape index (κ2) is 4.07. The lowest BCUT2D eigenvalue weighted by molar-refractivity contribution is 0.232. The molecular formula is C11H14O. The number of rotatable bonds is 2. The molecule has 1 heteroatoms. The van der Waals surface area contributed by atoms with Crippen molar-refractivity contribution in [2.75, 3.05) is 0 Å². The van der Waals surface area contributed by atoms with Crippen molar-refractivity contribution in [3.05, 3.63) is 41.5 Å². The smallest absolute Gasteiger partial charge is 0.0722 e. The Morgan fingerprint density at radius 3 is 2.42 bits per heavy atom. The summed E-state index contributed by atoms with van der Waals surface area (Å²) in [6.07, 6.45) is 1.63. The topological polar surface area (TPSA) is 20.2 Å². The summed E-state index contributed by atoms with van der Waals surface area (Å²) in [5.41, 5.74) is 2.12. The number of aliphatic hydroxyl groups excluding tert-OH is 1. The Bertz CT molecular complexity index is 260. The summed E-state index contributed by atoms with van der Waals surface area (Å²) in [5.74, 6) is 0. The molecule has 64 valence electrons. The minimum absolute atomic E-state index is 0.356.